The monoisotopic (exact) mass is 490 g/mol. The van der Waals surface area contributed by atoms with Gasteiger partial charge in [-0.15, -0.1) is 0 Å². The molecule has 7 atom stereocenters. The molecule has 0 radical (unpaired) electrons. The van der Waals surface area contributed by atoms with E-state index in [0.717, 1.165) is 51.6 Å². The van der Waals surface area contributed by atoms with E-state index in [1.54, 1.807) is 0 Å². The van der Waals surface area contributed by atoms with Crippen molar-refractivity contribution in [3.8, 4) is 0 Å². The molecule has 0 saturated heterocycles. The first-order chi connectivity index (χ1) is 15.8. The molecule has 0 aromatic heterocycles. The van der Waals surface area contributed by atoms with Crippen molar-refractivity contribution in [1.29, 1.82) is 0 Å². The fourth-order valence-corrected chi connectivity index (χ4v) is 8.76. The van der Waals surface area contributed by atoms with E-state index in [1.165, 1.54) is 5.57 Å². The summed E-state index contributed by atoms with van der Waals surface area (Å²) in [5, 5.41) is 0.237. The van der Waals surface area contributed by atoms with Crippen LogP contribution in [-0.4, -0.2) is 32.7 Å². The van der Waals surface area contributed by atoms with Crippen molar-refractivity contribution in [3.05, 3.63) is 11.6 Å². The van der Waals surface area contributed by atoms with E-state index >= 15 is 4.39 Å². The van der Waals surface area contributed by atoms with Crippen LogP contribution in [0.5, 0.6) is 0 Å². The number of rotatable bonds is 7. The molecule has 0 amide bonds. The van der Waals surface area contributed by atoms with Crippen LogP contribution in [0.3, 0.4) is 0 Å². The highest BCUT2D eigenvalue weighted by Crippen LogP contribution is 2.63. The molecule has 4 aliphatic carbocycles. The number of ketones is 2. The van der Waals surface area contributed by atoms with Gasteiger partial charge in [0.1, 0.15) is 12.0 Å². The molecule has 0 aromatic rings. The summed E-state index contributed by atoms with van der Waals surface area (Å²) in [6.07, 6.45) is 9.60. The largest absolute Gasteiger partial charge is 0.417 e. The van der Waals surface area contributed by atoms with Crippen molar-refractivity contribution in [2.75, 3.05) is 6.61 Å². The van der Waals surface area contributed by atoms with Gasteiger partial charge in [0, 0.05) is 30.8 Å². The van der Waals surface area contributed by atoms with E-state index in [9.17, 15) is 9.59 Å². The van der Waals surface area contributed by atoms with Crippen LogP contribution in [0.4, 0.5) is 4.39 Å². The molecule has 0 aromatic carbocycles. The second kappa shape index (κ2) is 9.57. The maximum atomic E-state index is 15.8. The number of allylic oxidation sites excluding steroid dienone is 1. The first-order valence-corrected chi connectivity index (χ1v) is 16.8. The quantitative estimate of drug-likeness (QED) is 0.275. The fourth-order valence-electron chi connectivity index (χ4n) is 7.68. The Balaban J connectivity index is 1.43. The summed E-state index contributed by atoms with van der Waals surface area (Å²) in [7, 11) is -1.70. The highest BCUT2D eigenvalue weighted by molar-refractivity contribution is 6.74. The van der Waals surface area contributed by atoms with Crippen LogP contribution >= 0.6 is 0 Å². The summed E-state index contributed by atoms with van der Waals surface area (Å²) >= 11 is 0. The predicted octanol–water partition coefficient (Wildman–Crippen LogP) is 7.45. The summed E-state index contributed by atoms with van der Waals surface area (Å²) in [5.41, 5.74) is 0.751. The maximum absolute atomic E-state index is 15.8. The standard InChI is InChI=1S/C29H47FO3Si/c1-28(2,3)34(5,6)33-15-9-7-8-10-19-16-20-17-21(31)11-12-22(20)27-24(30)18-29(4)23(26(19)27)13-14-25(29)32/h17,19,22-24,26-27H,7-16,18H2,1-6H3/t19-,22+,23+,24+,26+,27+,29+/m1/s1. The zero-order valence-electron chi connectivity index (χ0n) is 22.4. The first-order valence-electron chi connectivity index (χ1n) is 13.9. The smallest absolute Gasteiger partial charge is 0.191 e. The van der Waals surface area contributed by atoms with Gasteiger partial charge in [-0.1, -0.05) is 46.1 Å². The van der Waals surface area contributed by atoms with Crippen molar-refractivity contribution < 1.29 is 18.4 Å². The van der Waals surface area contributed by atoms with Gasteiger partial charge < -0.3 is 4.43 Å². The molecule has 0 bridgehead atoms. The van der Waals surface area contributed by atoms with Crippen molar-refractivity contribution in [1.82, 2.24) is 0 Å². The minimum Gasteiger partial charge on any atom is -0.417 e. The third-order valence-electron chi connectivity index (χ3n) is 10.6. The second-order valence-electron chi connectivity index (χ2n) is 13.6. The predicted molar refractivity (Wildman–Crippen MR) is 138 cm³/mol. The van der Waals surface area contributed by atoms with E-state index in [1.807, 2.05) is 6.08 Å². The highest BCUT2D eigenvalue weighted by atomic mass is 28.4. The first kappa shape index (κ1) is 26.3. The lowest BCUT2D eigenvalue weighted by atomic mass is 9.48. The number of hydrogen-bond donors (Lipinski definition) is 0. The van der Waals surface area contributed by atoms with Gasteiger partial charge in [0.25, 0.3) is 0 Å². The SMILES string of the molecule is CC(C)(C)[Si](C)(C)OCCCCC[C@@H]1CC2=CC(=O)CC[C@@H]2[C@@H]2[C@@H]1[C@@H]1CCC(=O)[C@@]1(C)C[C@@H]2F. The molecule has 0 aliphatic heterocycles. The molecule has 0 heterocycles. The van der Waals surface area contributed by atoms with Crippen LogP contribution in [-0.2, 0) is 14.0 Å². The summed E-state index contributed by atoms with van der Waals surface area (Å²) in [6.45, 7) is 14.3. The zero-order chi connectivity index (χ0) is 24.9. The molecular formula is C29H47FO3Si. The van der Waals surface area contributed by atoms with Gasteiger partial charge >= 0.3 is 0 Å². The van der Waals surface area contributed by atoms with Crippen LogP contribution in [0.1, 0.15) is 91.9 Å². The molecule has 3 saturated carbocycles. The number of carbonyl (C=O) groups is 2. The third kappa shape index (κ3) is 4.77. The summed E-state index contributed by atoms with van der Waals surface area (Å²) in [5.74, 6) is 1.74. The van der Waals surface area contributed by atoms with Gasteiger partial charge in [0.05, 0.1) is 0 Å². The molecule has 34 heavy (non-hydrogen) atoms. The Labute approximate surface area is 207 Å². The van der Waals surface area contributed by atoms with Crippen molar-refractivity contribution in [3.63, 3.8) is 0 Å². The lowest BCUT2D eigenvalue weighted by molar-refractivity contribution is -0.138. The Hall–Kier alpha value is -0.813. The van der Waals surface area contributed by atoms with Gasteiger partial charge in [0.2, 0.25) is 0 Å². The molecule has 4 aliphatic rings. The number of hydrogen-bond acceptors (Lipinski definition) is 3. The van der Waals surface area contributed by atoms with Crippen molar-refractivity contribution >= 4 is 19.9 Å². The third-order valence-corrected chi connectivity index (χ3v) is 15.1. The normalized spacial score (nSPS) is 38.3. The van der Waals surface area contributed by atoms with Gasteiger partial charge in [-0.3, -0.25) is 9.59 Å². The Morgan fingerprint density at radius 3 is 2.53 bits per heavy atom. The minimum absolute atomic E-state index is 0.00370. The molecule has 0 spiro atoms. The molecule has 5 heteroatoms. The Kier molecular flexibility index (Phi) is 7.39. The van der Waals surface area contributed by atoms with Crippen LogP contribution in [0.2, 0.25) is 18.1 Å². The van der Waals surface area contributed by atoms with Crippen LogP contribution in [0.15, 0.2) is 11.6 Å². The number of halogens is 1. The fraction of sp³-hybridized carbons (Fsp3) is 0.862. The average Bonchev–Trinajstić information content (AvgIpc) is 3.03. The molecule has 0 unspecified atom stereocenters. The number of fused-ring (bicyclic) bond motifs is 5. The molecule has 4 rings (SSSR count). The Morgan fingerprint density at radius 2 is 1.82 bits per heavy atom. The molecule has 3 fully saturated rings. The molecule has 0 N–H and O–H groups in total. The van der Waals surface area contributed by atoms with E-state index in [4.69, 9.17) is 4.43 Å². The lowest BCUT2D eigenvalue weighted by Crippen LogP contribution is -2.54. The van der Waals surface area contributed by atoms with E-state index in [-0.39, 0.29) is 22.7 Å². The topological polar surface area (TPSA) is 43.4 Å². The molecule has 3 nitrogen and oxygen atoms in total. The number of carbonyl (C=O) groups excluding carboxylic acids is 2. The summed E-state index contributed by atoms with van der Waals surface area (Å²) in [6, 6.07) is 0. The second-order valence-corrected chi connectivity index (χ2v) is 18.4. The lowest BCUT2D eigenvalue weighted by Gasteiger charge is -2.56. The number of alkyl halides is 1. The van der Waals surface area contributed by atoms with Crippen LogP contribution in [0, 0.1) is 35.0 Å². The van der Waals surface area contributed by atoms with Gasteiger partial charge in [-0.2, -0.15) is 0 Å². The van der Waals surface area contributed by atoms with Crippen molar-refractivity contribution in [2.45, 2.75) is 116 Å². The van der Waals surface area contributed by atoms with Crippen LogP contribution in [0.25, 0.3) is 0 Å². The minimum atomic E-state index is -1.70. The van der Waals surface area contributed by atoms with Gasteiger partial charge in [-0.25, -0.2) is 4.39 Å². The maximum Gasteiger partial charge on any atom is 0.191 e. The molecule has 192 valence electrons. The Bertz CT molecular complexity index is 828. The number of Topliss-reactive ketones (excluding diaryl/α,β-unsaturated/α-hetero) is 1. The zero-order valence-corrected chi connectivity index (χ0v) is 23.4. The van der Waals surface area contributed by atoms with Crippen LogP contribution < -0.4 is 0 Å². The van der Waals surface area contributed by atoms with E-state index < -0.39 is 19.9 Å². The van der Waals surface area contributed by atoms with E-state index in [0.29, 0.717) is 42.8 Å². The summed E-state index contributed by atoms with van der Waals surface area (Å²) in [4.78, 5) is 25.0. The average molecular weight is 491 g/mol. The van der Waals surface area contributed by atoms with Gasteiger partial charge in [-0.05, 0) is 86.4 Å². The molecular weight excluding hydrogens is 443 g/mol. The number of unbranched alkanes of at least 4 members (excludes halogenated alkanes) is 2. The highest BCUT2D eigenvalue weighted by Gasteiger charge is 2.61. The van der Waals surface area contributed by atoms with E-state index in [2.05, 4.69) is 40.8 Å². The summed E-state index contributed by atoms with van der Waals surface area (Å²) < 4.78 is 22.2. The Morgan fingerprint density at radius 1 is 1.09 bits per heavy atom. The van der Waals surface area contributed by atoms with Crippen molar-refractivity contribution in [2.24, 2.45) is 35.0 Å². The van der Waals surface area contributed by atoms with Gasteiger partial charge in [0.15, 0.2) is 14.1 Å².